The number of hydrogen-bond acceptors (Lipinski definition) is 3. The third-order valence-electron chi connectivity index (χ3n) is 4.96. The van der Waals surface area contributed by atoms with E-state index in [9.17, 15) is 9.18 Å². The lowest BCUT2D eigenvalue weighted by Crippen LogP contribution is -2.22. The van der Waals surface area contributed by atoms with Crippen LogP contribution in [0.4, 0.5) is 4.39 Å². The summed E-state index contributed by atoms with van der Waals surface area (Å²) < 4.78 is 19.3. The van der Waals surface area contributed by atoms with Crippen molar-refractivity contribution in [1.82, 2.24) is 10.3 Å². The van der Waals surface area contributed by atoms with Gasteiger partial charge in [-0.25, -0.2) is 4.39 Å². The molecular weight excluding hydrogens is 403 g/mol. The first-order valence-electron chi connectivity index (χ1n) is 10.6. The topological polar surface area (TPSA) is 51.2 Å². The van der Waals surface area contributed by atoms with Crippen molar-refractivity contribution in [3.8, 4) is 5.75 Å². The fourth-order valence-corrected chi connectivity index (χ4v) is 3.37. The number of rotatable bonds is 10. The molecule has 0 aliphatic rings. The average molecular weight is 431 g/mol. The molecule has 0 fully saturated rings. The molecule has 2 aromatic carbocycles. The second-order valence-corrected chi connectivity index (χ2v) is 7.26. The molecule has 0 aliphatic heterocycles. The van der Waals surface area contributed by atoms with Crippen molar-refractivity contribution in [3.63, 3.8) is 0 Å². The largest absolute Gasteiger partial charge is 0.496 e. The maximum atomic E-state index is 13.8. The summed E-state index contributed by atoms with van der Waals surface area (Å²) in [5.74, 6) is 0.187. The van der Waals surface area contributed by atoms with Crippen molar-refractivity contribution < 1.29 is 13.9 Å². The minimum atomic E-state index is -0.323. The van der Waals surface area contributed by atoms with Crippen LogP contribution in [-0.2, 0) is 11.2 Å². The zero-order valence-electron chi connectivity index (χ0n) is 18.1. The highest BCUT2D eigenvalue weighted by molar-refractivity contribution is 5.89. The van der Waals surface area contributed by atoms with Gasteiger partial charge in [0.2, 0.25) is 5.91 Å². The Balaban J connectivity index is 1.62. The number of ether oxygens (including phenoxy) is 1. The van der Waals surface area contributed by atoms with E-state index in [-0.39, 0.29) is 11.7 Å². The van der Waals surface area contributed by atoms with Gasteiger partial charge in [-0.05, 0) is 60.2 Å². The summed E-state index contributed by atoms with van der Waals surface area (Å²) in [6.45, 7) is 0.608. The van der Waals surface area contributed by atoms with E-state index >= 15 is 0 Å². The van der Waals surface area contributed by atoms with Gasteiger partial charge in [0.25, 0.3) is 0 Å². The van der Waals surface area contributed by atoms with E-state index in [1.807, 2.05) is 42.6 Å². The molecule has 3 aromatic rings. The van der Waals surface area contributed by atoms with E-state index in [1.165, 1.54) is 23.8 Å². The Kier molecular flexibility index (Phi) is 8.75. The van der Waals surface area contributed by atoms with E-state index in [0.717, 1.165) is 30.4 Å². The molecule has 1 aromatic heterocycles. The Morgan fingerprint density at radius 2 is 1.97 bits per heavy atom. The van der Waals surface area contributed by atoms with Crippen LogP contribution in [0.15, 0.2) is 91.3 Å². The predicted molar refractivity (Wildman–Crippen MR) is 126 cm³/mol. The minimum absolute atomic E-state index is 0.166. The lowest BCUT2D eigenvalue weighted by atomic mass is 9.96. The molecular formula is C27H27FN2O2. The third kappa shape index (κ3) is 6.91. The van der Waals surface area contributed by atoms with E-state index in [0.29, 0.717) is 17.9 Å². The van der Waals surface area contributed by atoms with Gasteiger partial charge in [-0.3, -0.25) is 9.78 Å². The van der Waals surface area contributed by atoms with E-state index in [4.69, 9.17) is 4.74 Å². The number of nitrogens with one attached hydrogen (secondary N) is 1. The van der Waals surface area contributed by atoms with Crippen LogP contribution in [-0.4, -0.2) is 24.5 Å². The molecule has 1 amide bonds. The minimum Gasteiger partial charge on any atom is -0.496 e. The molecule has 0 spiro atoms. The quantitative estimate of drug-likeness (QED) is 0.268. The first-order chi connectivity index (χ1) is 15.7. The van der Waals surface area contributed by atoms with Crippen molar-refractivity contribution in [1.29, 1.82) is 0 Å². The maximum absolute atomic E-state index is 13.8. The second kappa shape index (κ2) is 12.2. The van der Waals surface area contributed by atoms with Gasteiger partial charge in [0, 0.05) is 30.6 Å². The summed E-state index contributed by atoms with van der Waals surface area (Å²) in [7, 11) is 1.60. The van der Waals surface area contributed by atoms with E-state index in [1.54, 1.807) is 31.5 Å². The summed E-state index contributed by atoms with van der Waals surface area (Å²) in [4.78, 5) is 16.3. The molecule has 0 saturated heterocycles. The lowest BCUT2D eigenvalue weighted by Gasteiger charge is -2.12. The number of unbranched alkanes of at least 4 members (excludes halogenated alkanes) is 1. The van der Waals surface area contributed by atoms with Crippen LogP contribution in [0.25, 0.3) is 5.57 Å². The highest BCUT2D eigenvalue weighted by Crippen LogP contribution is 2.31. The number of halogens is 1. The number of carbonyl (C=O) groups excluding carboxylic acids is 1. The molecule has 0 radical (unpaired) electrons. The van der Waals surface area contributed by atoms with Gasteiger partial charge in [-0.1, -0.05) is 48.6 Å². The summed E-state index contributed by atoms with van der Waals surface area (Å²) in [5.41, 5.74) is 3.49. The monoisotopic (exact) mass is 430 g/mol. The summed E-state index contributed by atoms with van der Waals surface area (Å²) >= 11 is 0. The molecule has 32 heavy (non-hydrogen) atoms. The highest BCUT2D eigenvalue weighted by atomic mass is 19.1. The zero-order chi connectivity index (χ0) is 22.6. The van der Waals surface area contributed by atoms with Crippen molar-refractivity contribution >= 4 is 11.5 Å². The summed E-state index contributed by atoms with van der Waals surface area (Å²) in [6, 6.07) is 17.9. The number of benzene rings is 2. The SMILES string of the molecule is COc1ccccc1C(=CC=CC(=O)NCCCCc1cccnc1)c1cccc(F)c1. The number of methoxy groups -OCH3 is 1. The smallest absolute Gasteiger partial charge is 0.243 e. The first-order valence-corrected chi connectivity index (χ1v) is 10.6. The molecule has 3 rings (SSSR count). The van der Waals surface area contributed by atoms with Gasteiger partial charge in [0.05, 0.1) is 7.11 Å². The molecule has 0 bridgehead atoms. The fraction of sp³-hybridized carbons (Fsp3) is 0.185. The van der Waals surface area contributed by atoms with Gasteiger partial charge in [0.15, 0.2) is 0 Å². The number of para-hydroxylation sites is 1. The molecule has 0 aliphatic carbocycles. The highest BCUT2D eigenvalue weighted by Gasteiger charge is 2.10. The number of allylic oxidation sites excluding steroid dienone is 2. The molecule has 4 nitrogen and oxygen atoms in total. The van der Waals surface area contributed by atoms with E-state index < -0.39 is 0 Å². The van der Waals surface area contributed by atoms with Gasteiger partial charge in [-0.2, -0.15) is 0 Å². The van der Waals surface area contributed by atoms with Crippen LogP contribution < -0.4 is 10.1 Å². The van der Waals surface area contributed by atoms with Crippen LogP contribution in [0, 0.1) is 5.82 Å². The fourth-order valence-electron chi connectivity index (χ4n) is 3.37. The third-order valence-corrected chi connectivity index (χ3v) is 4.96. The number of aryl methyl sites for hydroxylation is 1. The molecule has 0 atom stereocenters. The molecule has 1 N–H and O–H groups in total. The molecule has 1 heterocycles. The van der Waals surface area contributed by atoms with E-state index in [2.05, 4.69) is 16.4 Å². The normalized spacial score (nSPS) is 11.5. The Morgan fingerprint density at radius 3 is 2.75 bits per heavy atom. The summed E-state index contributed by atoms with van der Waals surface area (Å²) in [6.07, 6.45) is 11.4. The zero-order valence-corrected chi connectivity index (χ0v) is 18.1. The van der Waals surface area contributed by atoms with Gasteiger partial charge in [-0.15, -0.1) is 0 Å². The van der Waals surface area contributed by atoms with Crippen LogP contribution in [0.2, 0.25) is 0 Å². The predicted octanol–water partition coefficient (Wildman–Crippen LogP) is 5.36. The number of aromatic nitrogens is 1. The number of amides is 1. The average Bonchev–Trinajstić information content (AvgIpc) is 2.82. The first kappa shape index (κ1) is 22.9. The van der Waals surface area contributed by atoms with Crippen molar-refractivity contribution in [3.05, 3.63) is 114 Å². The number of nitrogens with zero attached hydrogens (tertiary/aromatic N) is 1. The maximum Gasteiger partial charge on any atom is 0.243 e. The Hall–Kier alpha value is -3.73. The second-order valence-electron chi connectivity index (χ2n) is 7.26. The summed E-state index contributed by atoms with van der Waals surface area (Å²) in [5, 5.41) is 2.90. The Bertz CT molecular complexity index is 1080. The van der Waals surface area contributed by atoms with Gasteiger partial charge in [0.1, 0.15) is 11.6 Å². The molecule has 0 unspecified atom stereocenters. The van der Waals surface area contributed by atoms with Crippen LogP contribution in [0.5, 0.6) is 5.75 Å². The molecule has 0 saturated carbocycles. The number of hydrogen-bond donors (Lipinski definition) is 1. The van der Waals surface area contributed by atoms with Crippen molar-refractivity contribution in [2.45, 2.75) is 19.3 Å². The number of carbonyl (C=O) groups is 1. The Morgan fingerprint density at radius 1 is 1.09 bits per heavy atom. The standard InChI is InChI=1S/C27H27FN2O2/c1-32-26-15-3-2-13-25(26)24(22-11-6-12-23(28)19-22)14-7-16-27(31)30-18-5-4-9-21-10-8-17-29-20-21/h2-3,6-8,10-17,19-20H,4-5,9,18H2,1H3,(H,30,31). The van der Waals surface area contributed by atoms with Gasteiger partial charge >= 0.3 is 0 Å². The molecule has 5 heteroatoms. The van der Waals surface area contributed by atoms with Crippen molar-refractivity contribution in [2.75, 3.05) is 13.7 Å². The Labute approximate surface area is 188 Å². The van der Waals surface area contributed by atoms with Crippen LogP contribution in [0.1, 0.15) is 29.5 Å². The van der Waals surface area contributed by atoms with Crippen molar-refractivity contribution in [2.24, 2.45) is 0 Å². The van der Waals surface area contributed by atoms with Crippen LogP contribution >= 0.6 is 0 Å². The van der Waals surface area contributed by atoms with Crippen LogP contribution in [0.3, 0.4) is 0 Å². The lowest BCUT2D eigenvalue weighted by molar-refractivity contribution is -0.116. The molecule has 164 valence electrons. The van der Waals surface area contributed by atoms with Gasteiger partial charge < -0.3 is 10.1 Å². The number of pyridine rings is 1.